The fourth-order valence-corrected chi connectivity index (χ4v) is 4.97. The topological polar surface area (TPSA) is 56.6 Å². The van der Waals surface area contributed by atoms with Gasteiger partial charge in [-0.1, -0.05) is 42.8 Å². The van der Waals surface area contributed by atoms with E-state index in [0.29, 0.717) is 0 Å². The second-order valence-corrected chi connectivity index (χ2v) is 9.35. The van der Waals surface area contributed by atoms with E-state index in [1.54, 1.807) is 0 Å². The summed E-state index contributed by atoms with van der Waals surface area (Å²) in [6.45, 7) is 7.49. The van der Waals surface area contributed by atoms with E-state index >= 15 is 0 Å². The number of rotatable bonds is 5. The normalized spacial score (nSPS) is 20.2. The van der Waals surface area contributed by atoms with Gasteiger partial charge in [-0.2, -0.15) is 0 Å². The lowest BCUT2D eigenvalue weighted by molar-refractivity contribution is 0.141. The van der Waals surface area contributed by atoms with E-state index in [1.165, 1.54) is 50.8 Å². The number of hydrogen-bond acceptors (Lipinski definition) is 6. The highest BCUT2D eigenvalue weighted by molar-refractivity contribution is 6.05. The third-order valence-electron chi connectivity index (χ3n) is 6.79. The van der Waals surface area contributed by atoms with Crippen LogP contribution in [0.1, 0.15) is 50.4 Å². The van der Waals surface area contributed by atoms with Crippen molar-refractivity contribution < 1.29 is 0 Å². The SMILES string of the molecule is CC1=CC(Nc2cc(N3CCC(N4CCCCC4)CC3)nc(/C=C/c3ccccc3)n2)=NC1. The van der Waals surface area contributed by atoms with Gasteiger partial charge in [-0.3, -0.25) is 4.99 Å². The van der Waals surface area contributed by atoms with Crippen LogP contribution in [0.25, 0.3) is 12.2 Å². The minimum absolute atomic E-state index is 0.719. The highest BCUT2D eigenvalue weighted by Crippen LogP contribution is 2.25. The molecule has 2 aromatic rings. The molecule has 3 aliphatic heterocycles. The Labute approximate surface area is 197 Å². The van der Waals surface area contributed by atoms with E-state index in [9.17, 15) is 0 Å². The van der Waals surface area contributed by atoms with Gasteiger partial charge < -0.3 is 15.1 Å². The molecule has 0 spiro atoms. The van der Waals surface area contributed by atoms with Gasteiger partial charge in [0.25, 0.3) is 0 Å². The van der Waals surface area contributed by atoms with Crippen LogP contribution in [-0.2, 0) is 0 Å². The number of piperidine rings is 2. The Kier molecular flexibility index (Phi) is 6.81. The zero-order valence-electron chi connectivity index (χ0n) is 19.6. The Morgan fingerprint density at radius 1 is 0.939 bits per heavy atom. The number of nitrogens with zero attached hydrogens (tertiary/aromatic N) is 5. The van der Waals surface area contributed by atoms with Crippen LogP contribution >= 0.6 is 0 Å². The molecule has 0 unspecified atom stereocenters. The average Bonchev–Trinajstić information content (AvgIpc) is 3.28. The summed E-state index contributed by atoms with van der Waals surface area (Å²) >= 11 is 0. The first-order valence-electron chi connectivity index (χ1n) is 12.3. The first-order chi connectivity index (χ1) is 16.2. The van der Waals surface area contributed by atoms with Crippen molar-refractivity contribution in [3.05, 3.63) is 59.4 Å². The lowest BCUT2D eigenvalue weighted by Gasteiger charge is -2.40. The minimum atomic E-state index is 0.719. The number of anilines is 2. The van der Waals surface area contributed by atoms with Gasteiger partial charge in [0.2, 0.25) is 0 Å². The van der Waals surface area contributed by atoms with Gasteiger partial charge >= 0.3 is 0 Å². The molecule has 0 bridgehead atoms. The third kappa shape index (κ3) is 5.69. The van der Waals surface area contributed by atoms with E-state index < -0.39 is 0 Å². The monoisotopic (exact) mass is 442 g/mol. The molecule has 172 valence electrons. The van der Waals surface area contributed by atoms with Crippen molar-refractivity contribution in [1.29, 1.82) is 0 Å². The van der Waals surface area contributed by atoms with Crippen LogP contribution in [0.5, 0.6) is 0 Å². The first kappa shape index (κ1) is 21.8. The van der Waals surface area contributed by atoms with Gasteiger partial charge in [-0.05, 0) is 69.0 Å². The highest BCUT2D eigenvalue weighted by atomic mass is 15.2. The lowest BCUT2D eigenvalue weighted by Crippen LogP contribution is -2.47. The standard InChI is InChI=1S/C27H34N6/c1-21-18-25(28-20-21)30-26-19-27(31-24(29-26)11-10-22-8-4-2-5-9-22)33-16-12-23(13-17-33)32-14-6-3-7-15-32/h2,4-5,8-11,18-19,23H,3,6-7,12-17,20H2,1H3,(H,28,29,30,31)/b11-10+. The lowest BCUT2D eigenvalue weighted by atomic mass is 10.00. The Balaban J connectivity index is 1.34. The molecule has 0 radical (unpaired) electrons. The van der Waals surface area contributed by atoms with Gasteiger partial charge in [-0.25, -0.2) is 9.97 Å². The van der Waals surface area contributed by atoms with Gasteiger partial charge in [0.05, 0.1) is 6.54 Å². The van der Waals surface area contributed by atoms with Crippen LogP contribution in [0.15, 0.2) is 53.0 Å². The van der Waals surface area contributed by atoms with Crippen molar-refractivity contribution in [2.24, 2.45) is 4.99 Å². The van der Waals surface area contributed by atoms with Crippen LogP contribution in [-0.4, -0.2) is 59.5 Å². The molecule has 1 aromatic heterocycles. The van der Waals surface area contributed by atoms with Crippen molar-refractivity contribution in [2.75, 3.05) is 42.9 Å². The number of nitrogens with one attached hydrogen (secondary N) is 1. The molecule has 2 saturated heterocycles. The summed E-state index contributed by atoms with van der Waals surface area (Å²) in [5, 5.41) is 3.40. The molecule has 1 aromatic carbocycles. The Morgan fingerprint density at radius 2 is 1.73 bits per heavy atom. The molecule has 0 atom stereocenters. The fourth-order valence-electron chi connectivity index (χ4n) is 4.97. The van der Waals surface area contributed by atoms with Gasteiger partial charge in [0, 0.05) is 25.2 Å². The number of aromatic nitrogens is 2. The van der Waals surface area contributed by atoms with E-state index in [1.807, 2.05) is 24.3 Å². The molecule has 1 N–H and O–H groups in total. The fraction of sp³-hybridized carbons (Fsp3) is 0.444. The van der Waals surface area contributed by atoms with Crippen LogP contribution in [0.2, 0.25) is 0 Å². The van der Waals surface area contributed by atoms with Crippen molar-refractivity contribution in [3.8, 4) is 0 Å². The molecule has 3 aliphatic rings. The summed E-state index contributed by atoms with van der Waals surface area (Å²) in [7, 11) is 0. The van der Waals surface area contributed by atoms with E-state index in [-0.39, 0.29) is 0 Å². The molecular weight excluding hydrogens is 408 g/mol. The van der Waals surface area contributed by atoms with Gasteiger partial charge in [0.15, 0.2) is 5.82 Å². The minimum Gasteiger partial charge on any atom is -0.356 e. The van der Waals surface area contributed by atoms with Crippen molar-refractivity contribution in [3.63, 3.8) is 0 Å². The van der Waals surface area contributed by atoms with E-state index in [0.717, 1.165) is 54.5 Å². The Hall–Kier alpha value is -2.99. The maximum atomic E-state index is 4.92. The predicted octanol–water partition coefficient (Wildman–Crippen LogP) is 4.87. The largest absolute Gasteiger partial charge is 0.356 e. The molecule has 0 amide bonds. The molecule has 6 heteroatoms. The highest BCUT2D eigenvalue weighted by Gasteiger charge is 2.26. The van der Waals surface area contributed by atoms with Crippen LogP contribution in [0, 0.1) is 0 Å². The van der Waals surface area contributed by atoms with Crippen molar-refractivity contribution in [2.45, 2.75) is 45.1 Å². The second kappa shape index (κ2) is 10.3. The zero-order valence-corrected chi connectivity index (χ0v) is 19.6. The van der Waals surface area contributed by atoms with E-state index in [4.69, 9.17) is 9.97 Å². The summed E-state index contributed by atoms with van der Waals surface area (Å²) in [5.41, 5.74) is 2.40. The second-order valence-electron chi connectivity index (χ2n) is 9.35. The molecule has 33 heavy (non-hydrogen) atoms. The maximum Gasteiger partial charge on any atom is 0.156 e. The smallest absolute Gasteiger partial charge is 0.156 e. The predicted molar refractivity (Wildman–Crippen MR) is 138 cm³/mol. The molecule has 6 nitrogen and oxygen atoms in total. The molecule has 0 aliphatic carbocycles. The summed E-state index contributed by atoms with van der Waals surface area (Å²) in [6, 6.07) is 13.1. The number of likely N-dealkylation sites (tertiary alicyclic amines) is 1. The Bertz CT molecular complexity index is 1030. The first-order valence-corrected chi connectivity index (χ1v) is 12.3. The van der Waals surface area contributed by atoms with Gasteiger partial charge in [0.1, 0.15) is 17.5 Å². The number of aliphatic imine (C=N–C) groups is 1. The quantitative estimate of drug-likeness (QED) is 0.716. The number of amidine groups is 1. The molecule has 2 fully saturated rings. The van der Waals surface area contributed by atoms with Crippen LogP contribution in [0.4, 0.5) is 11.6 Å². The van der Waals surface area contributed by atoms with Crippen LogP contribution in [0.3, 0.4) is 0 Å². The Morgan fingerprint density at radius 3 is 2.45 bits per heavy atom. The number of hydrogen-bond donors (Lipinski definition) is 1. The molecule has 4 heterocycles. The van der Waals surface area contributed by atoms with Crippen molar-refractivity contribution in [1.82, 2.24) is 14.9 Å². The third-order valence-corrected chi connectivity index (χ3v) is 6.79. The van der Waals surface area contributed by atoms with Crippen LogP contribution < -0.4 is 10.2 Å². The maximum absolute atomic E-state index is 4.92. The molecule has 5 rings (SSSR count). The van der Waals surface area contributed by atoms with Crippen molar-refractivity contribution >= 4 is 29.6 Å². The van der Waals surface area contributed by atoms with Gasteiger partial charge in [-0.15, -0.1) is 0 Å². The summed E-state index contributed by atoms with van der Waals surface area (Å²) < 4.78 is 0. The summed E-state index contributed by atoms with van der Waals surface area (Å²) in [5.74, 6) is 3.39. The molecule has 0 saturated carbocycles. The number of benzene rings is 1. The summed E-state index contributed by atoms with van der Waals surface area (Å²) in [6.07, 6.45) is 12.7. The zero-order chi connectivity index (χ0) is 22.5. The average molecular weight is 443 g/mol. The van der Waals surface area contributed by atoms with E-state index in [2.05, 4.69) is 57.4 Å². The molecular formula is C27H34N6. The summed E-state index contributed by atoms with van der Waals surface area (Å²) in [4.78, 5) is 19.4.